The van der Waals surface area contributed by atoms with Gasteiger partial charge in [0.1, 0.15) is 5.69 Å². The zero-order valence-corrected chi connectivity index (χ0v) is 16.6. The van der Waals surface area contributed by atoms with Crippen molar-refractivity contribution >= 4 is 29.2 Å². The van der Waals surface area contributed by atoms with Gasteiger partial charge in [-0.1, -0.05) is 13.8 Å². The topological polar surface area (TPSA) is 117 Å². The van der Waals surface area contributed by atoms with Crippen molar-refractivity contribution < 1.29 is 14.4 Å². The molecule has 3 heterocycles. The fourth-order valence-corrected chi connectivity index (χ4v) is 3.12. The molecule has 29 heavy (non-hydrogen) atoms. The van der Waals surface area contributed by atoms with Gasteiger partial charge in [-0.3, -0.25) is 14.6 Å². The summed E-state index contributed by atoms with van der Waals surface area (Å²) in [6.07, 6.45) is 6.00. The molecule has 1 aliphatic rings. The number of nitrogens with zero attached hydrogens (tertiary/aromatic N) is 2. The molecule has 1 unspecified atom stereocenters. The predicted octanol–water partition coefficient (Wildman–Crippen LogP) is 2.36. The van der Waals surface area contributed by atoms with Crippen LogP contribution in [0.15, 0.2) is 36.8 Å². The van der Waals surface area contributed by atoms with E-state index in [1.54, 1.807) is 35.2 Å². The minimum atomic E-state index is -0.440. The van der Waals surface area contributed by atoms with E-state index in [1.165, 1.54) is 6.20 Å². The number of amides is 4. The van der Waals surface area contributed by atoms with Crippen LogP contribution in [-0.2, 0) is 4.79 Å². The average molecular weight is 398 g/mol. The summed E-state index contributed by atoms with van der Waals surface area (Å²) in [5, 5.41) is 11.1. The molecule has 0 saturated heterocycles. The molecular weight excluding hydrogens is 372 g/mol. The van der Waals surface area contributed by atoms with Crippen LogP contribution in [0.1, 0.15) is 43.2 Å². The summed E-state index contributed by atoms with van der Waals surface area (Å²) >= 11 is 0. The number of hydrogen-bond donors (Lipinski definition) is 4. The zero-order valence-electron chi connectivity index (χ0n) is 16.6. The molecule has 4 amide bonds. The van der Waals surface area contributed by atoms with Gasteiger partial charge in [-0.05, 0) is 30.5 Å². The molecule has 0 fully saturated rings. The molecule has 154 valence electrons. The van der Waals surface area contributed by atoms with Crippen LogP contribution in [-0.4, -0.2) is 40.5 Å². The van der Waals surface area contributed by atoms with Crippen LogP contribution in [0.3, 0.4) is 0 Å². The molecule has 4 N–H and O–H groups in total. The van der Waals surface area contributed by atoms with Crippen molar-refractivity contribution in [2.75, 3.05) is 23.7 Å². The van der Waals surface area contributed by atoms with E-state index in [-0.39, 0.29) is 24.3 Å². The van der Waals surface area contributed by atoms with E-state index in [4.69, 9.17) is 0 Å². The van der Waals surface area contributed by atoms with Gasteiger partial charge < -0.3 is 25.8 Å². The Morgan fingerprint density at radius 3 is 2.83 bits per heavy atom. The second kappa shape index (κ2) is 9.22. The summed E-state index contributed by atoms with van der Waals surface area (Å²) in [4.78, 5) is 40.6. The van der Waals surface area contributed by atoms with Crippen molar-refractivity contribution in [2.45, 2.75) is 32.7 Å². The lowest BCUT2D eigenvalue weighted by Crippen LogP contribution is -2.40. The Labute approximate surface area is 169 Å². The van der Waals surface area contributed by atoms with E-state index in [0.717, 1.165) is 6.42 Å². The molecule has 0 aliphatic carbocycles. The van der Waals surface area contributed by atoms with E-state index in [0.29, 0.717) is 36.1 Å². The van der Waals surface area contributed by atoms with Gasteiger partial charge >= 0.3 is 6.03 Å². The van der Waals surface area contributed by atoms with E-state index in [2.05, 4.69) is 40.1 Å². The van der Waals surface area contributed by atoms with Crippen molar-refractivity contribution in [3.63, 3.8) is 0 Å². The molecule has 2 aromatic heterocycles. The van der Waals surface area contributed by atoms with Crippen LogP contribution < -0.4 is 21.3 Å². The van der Waals surface area contributed by atoms with Crippen LogP contribution in [0, 0.1) is 5.92 Å². The molecule has 0 spiro atoms. The van der Waals surface area contributed by atoms with Crippen molar-refractivity contribution in [1.82, 2.24) is 20.2 Å². The third-order valence-corrected chi connectivity index (χ3v) is 4.61. The SMILES string of the molecule is CC(C)CCNC(=O)CC1CNC(=O)c2cc(NC(=O)Nc3cccnc3)cn21. The second-order valence-corrected chi connectivity index (χ2v) is 7.44. The van der Waals surface area contributed by atoms with Crippen LogP contribution in [0.5, 0.6) is 0 Å². The highest BCUT2D eigenvalue weighted by molar-refractivity contribution is 6.01. The van der Waals surface area contributed by atoms with Gasteiger partial charge in [0, 0.05) is 31.9 Å². The van der Waals surface area contributed by atoms with Gasteiger partial charge in [0.05, 0.1) is 23.6 Å². The quantitative estimate of drug-likeness (QED) is 0.573. The Hall–Kier alpha value is -3.36. The van der Waals surface area contributed by atoms with Gasteiger partial charge in [-0.2, -0.15) is 0 Å². The first-order valence-electron chi connectivity index (χ1n) is 9.67. The van der Waals surface area contributed by atoms with Crippen molar-refractivity contribution in [2.24, 2.45) is 5.92 Å². The van der Waals surface area contributed by atoms with Crippen molar-refractivity contribution in [3.8, 4) is 0 Å². The standard InChI is InChI=1S/C20H26N6O3/c1-13(2)5-7-22-18(27)9-16-11-23-19(28)17-8-15(12-26(16)17)25-20(29)24-14-4-3-6-21-10-14/h3-4,6,8,10,12-13,16H,5,7,9,11H2,1-2H3,(H,22,27)(H,23,28)(H2,24,25,29). The molecule has 2 aromatic rings. The van der Waals surface area contributed by atoms with E-state index in [1.807, 2.05) is 0 Å². The number of fused-ring (bicyclic) bond motifs is 1. The summed E-state index contributed by atoms with van der Waals surface area (Å²) in [7, 11) is 0. The predicted molar refractivity (Wildman–Crippen MR) is 110 cm³/mol. The van der Waals surface area contributed by atoms with Crippen LogP contribution in [0.2, 0.25) is 0 Å². The third kappa shape index (κ3) is 5.56. The third-order valence-electron chi connectivity index (χ3n) is 4.61. The Morgan fingerprint density at radius 1 is 1.31 bits per heavy atom. The fourth-order valence-electron chi connectivity index (χ4n) is 3.12. The lowest BCUT2D eigenvalue weighted by atomic mass is 10.1. The summed E-state index contributed by atoms with van der Waals surface area (Å²) in [6, 6.07) is 4.39. The molecule has 0 bridgehead atoms. The number of carbonyl (C=O) groups excluding carboxylic acids is 3. The second-order valence-electron chi connectivity index (χ2n) is 7.44. The molecule has 0 saturated carbocycles. The van der Waals surface area contributed by atoms with Crippen LogP contribution in [0.4, 0.5) is 16.2 Å². The molecule has 9 heteroatoms. The van der Waals surface area contributed by atoms with Crippen LogP contribution >= 0.6 is 0 Å². The Kier molecular flexibility index (Phi) is 6.48. The summed E-state index contributed by atoms with van der Waals surface area (Å²) in [5.41, 5.74) is 1.44. The van der Waals surface area contributed by atoms with E-state index < -0.39 is 6.03 Å². The fraction of sp³-hybridized carbons (Fsp3) is 0.400. The normalized spacial score (nSPS) is 15.4. The minimum Gasteiger partial charge on any atom is -0.356 e. The highest BCUT2D eigenvalue weighted by Crippen LogP contribution is 2.24. The lowest BCUT2D eigenvalue weighted by Gasteiger charge is -2.26. The first-order chi connectivity index (χ1) is 13.9. The summed E-state index contributed by atoms with van der Waals surface area (Å²) < 4.78 is 1.75. The minimum absolute atomic E-state index is 0.0599. The maximum atomic E-state index is 12.2. The molecule has 0 radical (unpaired) electrons. The van der Waals surface area contributed by atoms with Crippen molar-refractivity contribution in [1.29, 1.82) is 0 Å². The maximum absolute atomic E-state index is 12.2. The molecule has 1 atom stereocenters. The molecular formula is C20H26N6O3. The highest BCUT2D eigenvalue weighted by Gasteiger charge is 2.27. The number of nitrogens with one attached hydrogen (secondary N) is 4. The summed E-state index contributed by atoms with van der Waals surface area (Å²) in [6.45, 7) is 5.21. The van der Waals surface area contributed by atoms with Crippen LogP contribution in [0.25, 0.3) is 0 Å². The number of rotatable bonds is 7. The van der Waals surface area contributed by atoms with Gasteiger partial charge in [-0.15, -0.1) is 0 Å². The molecule has 1 aliphatic heterocycles. The Morgan fingerprint density at radius 2 is 2.10 bits per heavy atom. The number of pyridine rings is 1. The van der Waals surface area contributed by atoms with Crippen molar-refractivity contribution in [3.05, 3.63) is 42.5 Å². The number of aromatic nitrogens is 2. The largest absolute Gasteiger partial charge is 0.356 e. The molecule has 0 aromatic carbocycles. The number of hydrogen-bond acceptors (Lipinski definition) is 4. The lowest BCUT2D eigenvalue weighted by molar-refractivity contribution is -0.121. The number of carbonyl (C=O) groups is 3. The Bertz CT molecular complexity index is 878. The van der Waals surface area contributed by atoms with Gasteiger partial charge in [0.25, 0.3) is 5.91 Å². The zero-order chi connectivity index (χ0) is 20.8. The smallest absolute Gasteiger partial charge is 0.323 e. The number of urea groups is 1. The highest BCUT2D eigenvalue weighted by atomic mass is 16.2. The van der Waals surface area contributed by atoms with Gasteiger partial charge in [-0.25, -0.2) is 4.79 Å². The first-order valence-corrected chi connectivity index (χ1v) is 9.67. The maximum Gasteiger partial charge on any atom is 0.323 e. The first kappa shape index (κ1) is 20.4. The monoisotopic (exact) mass is 398 g/mol. The van der Waals surface area contributed by atoms with E-state index in [9.17, 15) is 14.4 Å². The molecule has 9 nitrogen and oxygen atoms in total. The van der Waals surface area contributed by atoms with E-state index >= 15 is 0 Å². The summed E-state index contributed by atoms with van der Waals surface area (Å²) in [5.74, 6) is 0.226. The average Bonchev–Trinajstić information content (AvgIpc) is 3.09. The number of anilines is 2. The van der Waals surface area contributed by atoms with Gasteiger partial charge in [0.2, 0.25) is 5.91 Å². The Balaban J connectivity index is 1.63. The van der Waals surface area contributed by atoms with Gasteiger partial charge in [0.15, 0.2) is 0 Å². The molecule has 3 rings (SSSR count).